The highest BCUT2D eigenvalue weighted by Gasteiger charge is 2.25. The molecule has 0 aromatic heterocycles. The van der Waals surface area contributed by atoms with Crippen molar-refractivity contribution in [2.75, 3.05) is 50.6 Å². The average Bonchev–Trinajstić information content (AvgIpc) is 2.78. The number of hydrogen-bond acceptors (Lipinski definition) is 4. The Morgan fingerprint density at radius 2 is 1.52 bits per heavy atom. The summed E-state index contributed by atoms with van der Waals surface area (Å²) in [7, 11) is 3.31. The summed E-state index contributed by atoms with van der Waals surface area (Å²) in [5.74, 6) is 2.23. The largest absolute Gasteiger partial charge is 0.497 e. The number of amides is 2. The Morgan fingerprint density at radius 3 is 2.03 bits per heavy atom. The van der Waals surface area contributed by atoms with Crippen molar-refractivity contribution in [1.82, 2.24) is 4.90 Å². The van der Waals surface area contributed by atoms with E-state index in [1.165, 1.54) is 11.1 Å². The second kappa shape index (κ2) is 9.94. The van der Waals surface area contributed by atoms with Crippen LogP contribution < -0.4 is 19.7 Å². The van der Waals surface area contributed by atoms with Crippen LogP contribution in [0.5, 0.6) is 11.5 Å². The SMILES string of the molecule is COc1ccc(N2CCN(C(=O)Nc3c(C(C)C)cccc3C(C)C)CC2)c(OC)c1. The molecule has 31 heavy (non-hydrogen) atoms. The molecule has 0 radical (unpaired) electrons. The van der Waals surface area contributed by atoms with Gasteiger partial charge in [0.15, 0.2) is 0 Å². The fourth-order valence-corrected chi connectivity index (χ4v) is 4.08. The van der Waals surface area contributed by atoms with E-state index in [0.29, 0.717) is 24.9 Å². The fraction of sp³-hybridized carbons (Fsp3) is 0.480. The van der Waals surface area contributed by atoms with Gasteiger partial charge in [-0.25, -0.2) is 4.79 Å². The van der Waals surface area contributed by atoms with Gasteiger partial charge in [-0.3, -0.25) is 0 Å². The number of nitrogens with zero attached hydrogens (tertiary/aromatic N) is 2. The Morgan fingerprint density at radius 1 is 0.903 bits per heavy atom. The Bertz CT molecular complexity index is 877. The molecule has 6 nitrogen and oxygen atoms in total. The first-order valence-electron chi connectivity index (χ1n) is 11.0. The second-order valence-electron chi connectivity index (χ2n) is 8.56. The zero-order valence-corrected chi connectivity index (χ0v) is 19.6. The zero-order chi connectivity index (χ0) is 22.5. The molecule has 0 spiro atoms. The van der Waals surface area contributed by atoms with E-state index in [2.05, 4.69) is 56.1 Å². The number of carbonyl (C=O) groups is 1. The summed E-state index contributed by atoms with van der Waals surface area (Å²) >= 11 is 0. The number of urea groups is 1. The number of ether oxygens (including phenoxy) is 2. The van der Waals surface area contributed by atoms with Crippen LogP contribution in [0.25, 0.3) is 0 Å². The van der Waals surface area contributed by atoms with Crippen molar-refractivity contribution in [3.8, 4) is 11.5 Å². The van der Waals surface area contributed by atoms with Crippen molar-refractivity contribution in [2.45, 2.75) is 39.5 Å². The second-order valence-corrected chi connectivity index (χ2v) is 8.56. The maximum Gasteiger partial charge on any atom is 0.321 e. The van der Waals surface area contributed by atoms with E-state index in [1.54, 1.807) is 14.2 Å². The highest BCUT2D eigenvalue weighted by atomic mass is 16.5. The molecule has 1 fully saturated rings. The summed E-state index contributed by atoms with van der Waals surface area (Å²) in [6, 6.07) is 12.1. The first-order chi connectivity index (χ1) is 14.8. The van der Waals surface area contributed by atoms with E-state index in [1.807, 2.05) is 23.1 Å². The lowest BCUT2D eigenvalue weighted by molar-refractivity contribution is 0.208. The minimum absolute atomic E-state index is 0.0312. The van der Waals surface area contributed by atoms with E-state index >= 15 is 0 Å². The van der Waals surface area contributed by atoms with E-state index in [9.17, 15) is 4.79 Å². The van der Waals surface area contributed by atoms with Gasteiger partial charge < -0.3 is 24.6 Å². The summed E-state index contributed by atoms with van der Waals surface area (Å²) in [5, 5.41) is 3.23. The van der Waals surface area contributed by atoms with E-state index < -0.39 is 0 Å². The first-order valence-corrected chi connectivity index (χ1v) is 11.0. The van der Waals surface area contributed by atoms with Crippen LogP contribution in [0.2, 0.25) is 0 Å². The molecule has 168 valence electrons. The fourth-order valence-electron chi connectivity index (χ4n) is 4.08. The predicted molar refractivity (Wildman–Crippen MR) is 127 cm³/mol. The molecule has 0 saturated carbocycles. The summed E-state index contributed by atoms with van der Waals surface area (Å²) in [4.78, 5) is 17.3. The van der Waals surface area contributed by atoms with Gasteiger partial charge in [-0.15, -0.1) is 0 Å². The molecule has 1 aliphatic rings. The third-order valence-corrected chi connectivity index (χ3v) is 5.90. The Balaban J connectivity index is 1.71. The minimum Gasteiger partial charge on any atom is -0.497 e. The molecule has 2 aromatic rings. The molecule has 3 rings (SSSR count). The molecular weight excluding hydrogens is 390 g/mol. The number of benzene rings is 2. The lowest BCUT2D eigenvalue weighted by atomic mass is 9.93. The lowest BCUT2D eigenvalue weighted by Crippen LogP contribution is -2.50. The molecule has 1 aliphatic heterocycles. The van der Waals surface area contributed by atoms with Crippen LogP contribution in [0.15, 0.2) is 36.4 Å². The van der Waals surface area contributed by atoms with Crippen molar-refractivity contribution in [2.24, 2.45) is 0 Å². The van der Waals surface area contributed by atoms with Gasteiger partial charge in [-0.1, -0.05) is 45.9 Å². The van der Waals surface area contributed by atoms with E-state index in [-0.39, 0.29) is 6.03 Å². The number of methoxy groups -OCH3 is 2. The van der Waals surface area contributed by atoms with E-state index in [0.717, 1.165) is 36.0 Å². The molecule has 0 aliphatic carbocycles. The van der Waals surface area contributed by atoms with Gasteiger partial charge in [0.2, 0.25) is 0 Å². The van der Waals surface area contributed by atoms with Crippen LogP contribution in [0.3, 0.4) is 0 Å². The topological polar surface area (TPSA) is 54.0 Å². The van der Waals surface area contributed by atoms with Gasteiger partial charge in [0.05, 0.1) is 19.9 Å². The molecule has 1 N–H and O–H groups in total. The smallest absolute Gasteiger partial charge is 0.321 e. The molecule has 6 heteroatoms. The van der Waals surface area contributed by atoms with Crippen molar-refractivity contribution in [1.29, 1.82) is 0 Å². The van der Waals surface area contributed by atoms with Crippen molar-refractivity contribution in [3.05, 3.63) is 47.5 Å². The Labute approximate surface area is 186 Å². The molecule has 1 heterocycles. The monoisotopic (exact) mass is 425 g/mol. The molecule has 2 amide bonds. The molecule has 0 bridgehead atoms. The average molecular weight is 426 g/mol. The molecule has 0 unspecified atom stereocenters. The van der Waals surface area contributed by atoms with Crippen molar-refractivity contribution >= 4 is 17.4 Å². The number of hydrogen-bond donors (Lipinski definition) is 1. The van der Waals surface area contributed by atoms with Crippen molar-refractivity contribution < 1.29 is 14.3 Å². The number of anilines is 2. The van der Waals surface area contributed by atoms with Crippen LogP contribution in [0.4, 0.5) is 16.2 Å². The Hall–Kier alpha value is -2.89. The lowest BCUT2D eigenvalue weighted by Gasteiger charge is -2.37. The molecule has 0 atom stereocenters. The molecular formula is C25H35N3O3. The van der Waals surface area contributed by atoms with Gasteiger partial charge in [0.1, 0.15) is 11.5 Å². The van der Waals surface area contributed by atoms with Crippen LogP contribution in [0.1, 0.15) is 50.7 Å². The molecule has 2 aromatic carbocycles. The van der Waals surface area contributed by atoms with Gasteiger partial charge in [-0.05, 0) is 35.1 Å². The summed E-state index contributed by atoms with van der Waals surface area (Å²) in [5.41, 5.74) is 4.36. The third-order valence-electron chi connectivity index (χ3n) is 5.90. The van der Waals surface area contributed by atoms with Crippen LogP contribution in [-0.2, 0) is 0 Å². The number of nitrogens with one attached hydrogen (secondary N) is 1. The summed E-state index contributed by atoms with van der Waals surface area (Å²) in [6.07, 6.45) is 0. The number of rotatable bonds is 6. The van der Waals surface area contributed by atoms with Crippen molar-refractivity contribution in [3.63, 3.8) is 0 Å². The summed E-state index contributed by atoms with van der Waals surface area (Å²) in [6.45, 7) is 11.5. The maximum atomic E-state index is 13.1. The molecule has 1 saturated heterocycles. The zero-order valence-electron chi connectivity index (χ0n) is 19.6. The summed E-state index contributed by atoms with van der Waals surface area (Å²) < 4.78 is 10.8. The number of piperazine rings is 1. The standard InChI is InChI=1S/C25H35N3O3/c1-17(2)20-8-7-9-21(18(3)4)24(20)26-25(29)28-14-12-27(13-15-28)22-11-10-19(30-5)16-23(22)31-6/h7-11,16-18H,12-15H2,1-6H3,(H,26,29). The maximum absolute atomic E-state index is 13.1. The van der Waals surface area contributed by atoms with Crippen LogP contribution in [-0.4, -0.2) is 51.3 Å². The van der Waals surface area contributed by atoms with Gasteiger partial charge in [0, 0.05) is 37.9 Å². The van der Waals surface area contributed by atoms with Gasteiger partial charge in [-0.2, -0.15) is 0 Å². The number of para-hydroxylation sites is 1. The van der Waals surface area contributed by atoms with Crippen LogP contribution >= 0.6 is 0 Å². The van der Waals surface area contributed by atoms with E-state index in [4.69, 9.17) is 9.47 Å². The highest BCUT2D eigenvalue weighted by molar-refractivity contribution is 5.91. The first kappa shape index (κ1) is 22.8. The quantitative estimate of drug-likeness (QED) is 0.682. The highest BCUT2D eigenvalue weighted by Crippen LogP contribution is 2.34. The number of carbonyl (C=O) groups excluding carboxylic acids is 1. The normalized spacial score (nSPS) is 14.2. The van der Waals surface area contributed by atoms with Gasteiger partial charge in [0.25, 0.3) is 0 Å². The Kier molecular flexibility index (Phi) is 7.31. The van der Waals surface area contributed by atoms with Crippen LogP contribution in [0, 0.1) is 0 Å². The van der Waals surface area contributed by atoms with Gasteiger partial charge >= 0.3 is 6.03 Å². The predicted octanol–water partition coefficient (Wildman–Crippen LogP) is 5.30. The minimum atomic E-state index is -0.0312. The third kappa shape index (κ3) is 5.06.